The normalized spacial score (nSPS) is 19.3. The maximum Gasteiger partial charge on any atom is 0.245 e. The zero-order chi connectivity index (χ0) is 21.8. The molecule has 2 aromatic rings. The van der Waals surface area contributed by atoms with Crippen molar-refractivity contribution in [3.63, 3.8) is 0 Å². The summed E-state index contributed by atoms with van der Waals surface area (Å²) in [5.41, 5.74) is 0.817. The Labute approximate surface area is 183 Å². The average Bonchev–Trinajstić information content (AvgIpc) is 3.55. The summed E-state index contributed by atoms with van der Waals surface area (Å²) in [5.74, 6) is 2.42. The van der Waals surface area contributed by atoms with Crippen LogP contribution in [-0.2, 0) is 4.79 Å². The monoisotopic (exact) mass is 427 g/mol. The Balaban J connectivity index is 1.49. The summed E-state index contributed by atoms with van der Waals surface area (Å²) in [6.07, 6.45) is 7.96. The molecule has 0 radical (unpaired) electrons. The largest absolute Gasteiger partial charge is 0.361 e. The number of nitrogens with zero attached hydrogens (tertiary/aromatic N) is 6. The third-order valence-corrected chi connectivity index (χ3v) is 6.57. The number of rotatable bonds is 8. The van der Waals surface area contributed by atoms with Crippen LogP contribution in [0.5, 0.6) is 0 Å². The number of hydrogen-bond acceptors (Lipinski definition) is 7. The summed E-state index contributed by atoms with van der Waals surface area (Å²) in [5, 5.41) is 20.8. The van der Waals surface area contributed by atoms with Gasteiger partial charge in [0.2, 0.25) is 5.91 Å². The molecule has 0 aromatic carbocycles. The minimum Gasteiger partial charge on any atom is -0.361 e. The quantitative estimate of drug-likeness (QED) is 0.646. The molecule has 1 atom stereocenters. The first kappa shape index (κ1) is 21.7. The minimum atomic E-state index is -0.223. The van der Waals surface area contributed by atoms with E-state index < -0.39 is 0 Å². The summed E-state index contributed by atoms with van der Waals surface area (Å²) in [4.78, 5) is 13.7. The van der Waals surface area contributed by atoms with Crippen LogP contribution >= 0.6 is 0 Å². The van der Waals surface area contributed by atoms with E-state index in [-0.39, 0.29) is 17.9 Å². The van der Waals surface area contributed by atoms with Crippen LogP contribution in [0.4, 0.5) is 0 Å². The van der Waals surface area contributed by atoms with Crippen LogP contribution in [0.3, 0.4) is 0 Å². The maximum atomic E-state index is 11.8. The van der Waals surface area contributed by atoms with Crippen molar-refractivity contribution in [2.45, 2.75) is 70.4 Å². The van der Waals surface area contributed by atoms with Gasteiger partial charge in [0.1, 0.15) is 17.5 Å². The number of carbonyl (C=O) groups is 1. The van der Waals surface area contributed by atoms with Crippen LogP contribution in [-0.4, -0.2) is 55.8 Å². The smallest absolute Gasteiger partial charge is 0.245 e. The SMILES string of the molecule is C=CC(=O)N1CCC(CNC(c2cc(C(C)C)on2)c2nnnn2C2CCCC2)CC1. The highest BCUT2D eigenvalue weighted by atomic mass is 16.5. The fraction of sp³-hybridized carbons (Fsp3) is 0.682. The Kier molecular flexibility index (Phi) is 6.80. The summed E-state index contributed by atoms with van der Waals surface area (Å²) in [7, 11) is 0. The van der Waals surface area contributed by atoms with E-state index in [4.69, 9.17) is 4.52 Å². The van der Waals surface area contributed by atoms with E-state index in [1.165, 1.54) is 18.9 Å². The Morgan fingerprint density at radius 2 is 2.03 bits per heavy atom. The van der Waals surface area contributed by atoms with Gasteiger partial charge in [-0.15, -0.1) is 5.10 Å². The van der Waals surface area contributed by atoms with Crippen molar-refractivity contribution in [1.29, 1.82) is 0 Å². The Morgan fingerprint density at radius 3 is 2.68 bits per heavy atom. The van der Waals surface area contributed by atoms with Crippen LogP contribution in [0.2, 0.25) is 0 Å². The van der Waals surface area contributed by atoms with Crippen LogP contribution < -0.4 is 5.32 Å². The van der Waals surface area contributed by atoms with Crippen molar-refractivity contribution in [1.82, 2.24) is 35.6 Å². The van der Waals surface area contributed by atoms with E-state index >= 15 is 0 Å². The fourth-order valence-corrected chi connectivity index (χ4v) is 4.61. The number of likely N-dealkylation sites (tertiary alicyclic amines) is 1. The number of hydrogen-bond donors (Lipinski definition) is 1. The van der Waals surface area contributed by atoms with Gasteiger partial charge in [-0.3, -0.25) is 4.79 Å². The highest BCUT2D eigenvalue weighted by Gasteiger charge is 2.30. The van der Waals surface area contributed by atoms with Gasteiger partial charge in [-0.05, 0) is 54.6 Å². The topological polar surface area (TPSA) is 102 Å². The summed E-state index contributed by atoms with van der Waals surface area (Å²) in [6.45, 7) is 10.1. The molecule has 9 heteroatoms. The Hall–Kier alpha value is -2.55. The van der Waals surface area contributed by atoms with Crippen molar-refractivity contribution in [2.75, 3.05) is 19.6 Å². The van der Waals surface area contributed by atoms with Gasteiger partial charge < -0.3 is 14.7 Å². The lowest BCUT2D eigenvalue weighted by molar-refractivity contribution is -0.127. The second kappa shape index (κ2) is 9.72. The number of tetrazole rings is 1. The first-order chi connectivity index (χ1) is 15.1. The number of nitrogens with one attached hydrogen (secondary N) is 1. The van der Waals surface area contributed by atoms with Gasteiger partial charge in [0.05, 0.1) is 6.04 Å². The molecule has 9 nitrogen and oxygen atoms in total. The first-order valence-corrected chi connectivity index (χ1v) is 11.5. The number of piperidine rings is 1. The third-order valence-electron chi connectivity index (χ3n) is 6.57. The fourth-order valence-electron chi connectivity index (χ4n) is 4.61. The molecule has 1 saturated carbocycles. The van der Waals surface area contributed by atoms with Gasteiger partial charge in [-0.1, -0.05) is 38.4 Å². The maximum absolute atomic E-state index is 11.8. The molecule has 1 amide bonds. The molecule has 1 aliphatic heterocycles. The predicted octanol–water partition coefficient (Wildman–Crippen LogP) is 3.00. The molecule has 3 heterocycles. The van der Waals surface area contributed by atoms with Crippen molar-refractivity contribution < 1.29 is 9.32 Å². The molecular formula is C22H33N7O2. The van der Waals surface area contributed by atoms with Crippen molar-refractivity contribution in [3.05, 3.63) is 36.0 Å². The van der Waals surface area contributed by atoms with Crippen LogP contribution in [0.1, 0.15) is 87.7 Å². The molecule has 1 N–H and O–H groups in total. The highest BCUT2D eigenvalue weighted by molar-refractivity contribution is 5.87. The summed E-state index contributed by atoms with van der Waals surface area (Å²) < 4.78 is 7.58. The Morgan fingerprint density at radius 1 is 1.29 bits per heavy atom. The Bertz CT molecular complexity index is 876. The minimum absolute atomic E-state index is 0.0174. The van der Waals surface area contributed by atoms with E-state index in [1.807, 2.05) is 15.6 Å². The van der Waals surface area contributed by atoms with Gasteiger partial charge in [0.25, 0.3) is 0 Å². The number of amides is 1. The second-order valence-corrected chi connectivity index (χ2v) is 9.04. The second-order valence-electron chi connectivity index (χ2n) is 9.04. The molecule has 168 valence electrons. The van der Waals surface area contributed by atoms with Gasteiger partial charge in [0.15, 0.2) is 5.82 Å². The molecule has 2 aromatic heterocycles. The van der Waals surface area contributed by atoms with Crippen molar-refractivity contribution >= 4 is 5.91 Å². The van der Waals surface area contributed by atoms with Crippen LogP contribution in [0, 0.1) is 5.92 Å². The van der Waals surface area contributed by atoms with Crippen LogP contribution in [0.25, 0.3) is 0 Å². The lowest BCUT2D eigenvalue weighted by Crippen LogP contribution is -2.41. The van der Waals surface area contributed by atoms with E-state index in [9.17, 15) is 4.79 Å². The molecule has 1 saturated heterocycles. The predicted molar refractivity (Wildman–Crippen MR) is 115 cm³/mol. The molecule has 0 bridgehead atoms. The number of carbonyl (C=O) groups excluding carboxylic acids is 1. The van der Waals surface area contributed by atoms with E-state index in [1.54, 1.807) is 0 Å². The zero-order valence-corrected chi connectivity index (χ0v) is 18.5. The molecule has 2 fully saturated rings. The molecule has 0 spiro atoms. The molecule has 4 rings (SSSR count). The van der Waals surface area contributed by atoms with Gasteiger partial charge in [-0.25, -0.2) is 4.68 Å². The summed E-state index contributed by atoms with van der Waals surface area (Å²) in [6, 6.07) is 2.14. The lowest BCUT2D eigenvalue weighted by Gasteiger charge is -2.32. The van der Waals surface area contributed by atoms with Gasteiger partial charge in [0, 0.05) is 25.1 Å². The highest BCUT2D eigenvalue weighted by Crippen LogP contribution is 2.32. The number of aromatic nitrogens is 5. The van der Waals surface area contributed by atoms with Crippen LogP contribution in [0.15, 0.2) is 23.2 Å². The zero-order valence-electron chi connectivity index (χ0n) is 18.5. The first-order valence-electron chi connectivity index (χ1n) is 11.5. The summed E-state index contributed by atoms with van der Waals surface area (Å²) >= 11 is 0. The lowest BCUT2D eigenvalue weighted by atomic mass is 9.96. The van der Waals surface area contributed by atoms with E-state index in [0.717, 1.165) is 62.6 Å². The van der Waals surface area contributed by atoms with Gasteiger partial charge >= 0.3 is 0 Å². The molecule has 31 heavy (non-hydrogen) atoms. The van der Waals surface area contributed by atoms with Gasteiger partial charge in [-0.2, -0.15) is 0 Å². The van der Waals surface area contributed by atoms with Crippen molar-refractivity contribution in [2.24, 2.45) is 5.92 Å². The third kappa shape index (κ3) is 4.87. The standard InChI is InChI=1S/C22H33N7O2/c1-4-20(30)28-11-9-16(10-12-28)14-23-21(18-13-19(15(2)3)31-25-18)22-24-26-27-29(22)17-7-5-6-8-17/h4,13,15-17,21,23H,1,5-12,14H2,2-3H3. The van der Waals surface area contributed by atoms with E-state index in [0.29, 0.717) is 12.0 Å². The molecule has 2 aliphatic rings. The molecule has 1 aliphatic carbocycles. The molecular weight excluding hydrogens is 394 g/mol. The van der Waals surface area contributed by atoms with E-state index in [2.05, 4.69) is 46.4 Å². The molecule has 1 unspecified atom stereocenters. The van der Waals surface area contributed by atoms with Crippen molar-refractivity contribution in [3.8, 4) is 0 Å². The average molecular weight is 428 g/mol.